The molecule has 3 heteroatoms. The molecule has 1 N–H and O–H groups in total. The minimum Gasteiger partial charge on any atom is -0.382 e. The second-order valence-corrected chi connectivity index (χ2v) is 3.53. The fourth-order valence-electron chi connectivity index (χ4n) is 1.62. The van der Waals surface area contributed by atoms with E-state index in [2.05, 4.69) is 28.3 Å². The van der Waals surface area contributed by atoms with Gasteiger partial charge in [-0.25, -0.2) is 4.98 Å². The number of nitrogens with one attached hydrogen (secondary N) is 1. The number of hydrogen-bond acceptors (Lipinski definition) is 3. The molecule has 0 aromatic carbocycles. The van der Waals surface area contributed by atoms with Crippen molar-refractivity contribution in [3.8, 4) is 0 Å². The molecule has 0 bridgehead atoms. The Balaban J connectivity index is 2.43. The van der Waals surface area contributed by atoms with Crippen molar-refractivity contribution in [1.29, 1.82) is 0 Å². The van der Waals surface area contributed by atoms with Gasteiger partial charge in [0.25, 0.3) is 0 Å². The van der Waals surface area contributed by atoms with E-state index in [1.165, 1.54) is 6.42 Å². The molecule has 0 aliphatic carbocycles. The number of nitrogens with zero attached hydrogens (tertiary/aromatic N) is 2. The van der Waals surface area contributed by atoms with Gasteiger partial charge in [0.1, 0.15) is 0 Å². The molecule has 1 aliphatic heterocycles. The Bertz CT molecular complexity index is 309. The monoisotopic (exact) mass is 177 g/mol. The van der Waals surface area contributed by atoms with Gasteiger partial charge in [0.2, 0.25) is 0 Å². The number of hydrogen-bond donors (Lipinski definition) is 1. The third kappa shape index (κ3) is 1.59. The van der Waals surface area contributed by atoms with Gasteiger partial charge in [-0.3, -0.25) is 0 Å². The zero-order valence-corrected chi connectivity index (χ0v) is 8.17. The molecule has 0 saturated carbocycles. The van der Waals surface area contributed by atoms with Gasteiger partial charge in [-0.05, 0) is 25.5 Å². The second-order valence-electron chi connectivity index (χ2n) is 3.53. The third-order valence-corrected chi connectivity index (χ3v) is 2.36. The van der Waals surface area contributed by atoms with Crippen molar-refractivity contribution in [2.24, 2.45) is 0 Å². The fraction of sp³-hybridized carbons (Fsp3) is 0.500. The van der Waals surface area contributed by atoms with Gasteiger partial charge in [0.05, 0.1) is 5.69 Å². The normalized spacial score (nSPS) is 16.0. The van der Waals surface area contributed by atoms with Crippen LogP contribution in [-0.4, -0.2) is 25.1 Å². The first kappa shape index (κ1) is 8.35. The maximum absolute atomic E-state index is 4.52. The Labute approximate surface area is 78.8 Å². The second kappa shape index (κ2) is 3.24. The molecule has 13 heavy (non-hydrogen) atoms. The molecule has 0 amide bonds. The number of aromatic nitrogens is 1. The van der Waals surface area contributed by atoms with Crippen LogP contribution < -0.4 is 10.2 Å². The van der Waals surface area contributed by atoms with Gasteiger partial charge < -0.3 is 10.2 Å². The smallest absolute Gasteiger partial charge is 0.152 e. The number of fused-ring (bicyclic) bond motifs is 1. The molecule has 0 atom stereocenters. The van der Waals surface area contributed by atoms with Crippen LogP contribution in [0, 0.1) is 6.92 Å². The van der Waals surface area contributed by atoms with E-state index in [0.29, 0.717) is 0 Å². The van der Waals surface area contributed by atoms with Gasteiger partial charge in [-0.2, -0.15) is 0 Å². The zero-order chi connectivity index (χ0) is 9.26. The van der Waals surface area contributed by atoms with Gasteiger partial charge in [-0.15, -0.1) is 0 Å². The quantitative estimate of drug-likeness (QED) is 0.653. The summed E-state index contributed by atoms with van der Waals surface area (Å²) in [6.07, 6.45) is 1.17. The van der Waals surface area contributed by atoms with Crippen LogP contribution in [0.3, 0.4) is 0 Å². The highest BCUT2D eigenvalue weighted by Gasteiger charge is 2.12. The Morgan fingerprint density at radius 2 is 2.31 bits per heavy atom. The summed E-state index contributed by atoms with van der Waals surface area (Å²) in [5.41, 5.74) is 2.24. The van der Waals surface area contributed by atoms with Crippen molar-refractivity contribution in [2.75, 3.05) is 30.4 Å². The Morgan fingerprint density at radius 3 is 3.15 bits per heavy atom. The number of pyridine rings is 1. The summed E-state index contributed by atoms with van der Waals surface area (Å²) in [5.74, 6) is 1.08. The van der Waals surface area contributed by atoms with Crippen LogP contribution in [-0.2, 0) is 0 Å². The van der Waals surface area contributed by atoms with Crippen LogP contribution in [0.15, 0.2) is 12.1 Å². The summed E-state index contributed by atoms with van der Waals surface area (Å²) >= 11 is 0. The Morgan fingerprint density at radius 1 is 1.46 bits per heavy atom. The van der Waals surface area contributed by atoms with Crippen molar-refractivity contribution in [3.63, 3.8) is 0 Å². The maximum Gasteiger partial charge on any atom is 0.152 e. The lowest BCUT2D eigenvalue weighted by Crippen LogP contribution is -2.18. The van der Waals surface area contributed by atoms with E-state index in [1.807, 2.05) is 13.0 Å². The van der Waals surface area contributed by atoms with Crippen LogP contribution >= 0.6 is 0 Å². The zero-order valence-electron chi connectivity index (χ0n) is 8.17. The average molecular weight is 177 g/mol. The van der Waals surface area contributed by atoms with Crippen LogP contribution in [0.4, 0.5) is 11.5 Å². The number of rotatable bonds is 0. The lowest BCUT2D eigenvalue weighted by molar-refractivity contribution is 0.827. The highest BCUT2D eigenvalue weighted by atomic mass is 15.2. The standard InChI is InChI=1S/C10H15N3/c1-8-4-5-9-10(12-8)13(2)7-3-6-11-9/h4-5,11H,3,6-7H2,1-2H3. The molecular weight excluding hydrogens is 162 g/mol. The van der Waals surface area contributed by atoms with Crippen molar-refractivity contribution < 1.29 is 0 Å². The summed E-state index contributed by atoms with van der Waals surface area (Å²) in [6, 6.07) is 4.16. The summed E-state index contributed by atoms with van der Waals surface area (Å²) in [6.45, 7) is 4.15. The van der Waals surface area contributed by atoms with E-state index in [4.69, 9.17) is 0 Å². The van der Waals surface area contributed by atoms with Crippen LogP contribution in [0.1, 0.15) is 12.1 Å². The molecule has 1 aliphatic rings. The first-order valence-electron chi connectivity index (χ1n) is 4.70. The minimum atomic E-state index is 1.04. The summed E-state index contributed by atoms with van der Waals surface area (Å²) < 4.78 is 0. The van der Waals surface area contributed by atoms with Gasteiger partial charge in [0, 0.05) is 25.8 Å². The van der Waals surface area contributed by atoms with Crippen molar-refractivity contribution in [1.82, 2.24) is 4.98 Å². The lowest BCUT2D eigenvalue weighted by atomic mass is 10.3. The molecule has 0 spiro atoms. The molecule has 0 saturated heterocycles. The topological polar surface area (TPSA) is 28.2 Å². The first-order chi connectivity index (χ1) is 6.27. The number of aryl methyl sites for hydroxylation is 1. The van der Waals surface area contributed by atoms with Gasteiger partial charge in [0.15, 0.2) is 5.82 Å². The van der Waals surface area contributed by atoms with Crippen LogP contribution in [0.2, 0.25) is 0 Å². The molecule has 0 fully saturated rings. The van der Waals surface area contributed by atoms with Crippen molar-refractivity contribution in [2.45, 2.75) is 13.3 Å². The molecule has 70 valence electrons. The predicted octanol–water partition coefficient (Wildman–Crippen LogP) is 1.64. The van der Waals surface area contributed by atoms with Crippen molar-refractivity contribution >= 4 is 11.5 Å². The third-order valence-electron chi connectivity index (χ3n) is 2.36. The van der Waals surface area contributed by atoms with Gasteiger partial charge >= 0.3 is 0 Å². The Hall–Kier alpha value is -1.25. The van der Waals surface area contributed by atoms with E-state index >= 15 is 0 Å². The molecule has 3 nitrogen and oxygen atoms in total. The molecule has 0 unspecified atom stereocenters. The lowest BCUT2D eigenvalue weighted by Gasteiger charge is -2.17. The van der Waals surface area contributed by atoms with E-state index < -0.39 is 0 Å². The first-order valence-corrected chi connectivity index (χ1v) is 4.70. The van der Waals surface area contributed by atoms with E-state index in [1.54, 1.807) is 0 Å². The highest BCUT2D eigenvalue weighted by molar-refractivity contribution is 5.66. The molecule has 2 rings (SSSR count). The molecule has 1 aromatic rings. The molecule has 1 aromatic heterocycles. The predicted molar refractivity (Wildman–Crippen MR) is 55.4 cm³/mol. The summed E-state index contributed by atoms with van der Waals surface area (Å²) in [7, 11) is 2.10. The van der Waals surface area contributed by atoms with Gasteiger partial charge in [-0.1, -0.05) is 0 Å². The largest absolute Gasteiger partial charge is 0.382 e. The highest BCUT2D eigenvalue weighted by Crippen LogP contribution is 2.24. The fourth-order valence-corrected chi connectivity index (χ4v) is 1.62. The SMILES string of the molecule is Cc1ccc2c(n1)N(C)CCCN2. The molecular formula is C10H15N3. The van der Waals surface area contributed by atoms with Crippen LogP contribution in [0.25, 0.3) is 0 Å². The summed E-state index contributed by atoms with van der Waals surface area (Å²) in [5, 5.41) is 3.38. The van der Waals surface area contributed by atoms with E-state index in [-0.39, 0.29) is 0 Å². The summed E-state index contributed by atoms with van der Waals surface area (Å²) in [4.78, 5) is 6.73. The number of anilines is 2. The van der Waals surface area contributed by atoms with Crippen molar-refractivity contribution in [3.05, 3.63) is 17.8 Å². The maximum atomic E-state index is 4.52. The average Bonchev–Trinajstić information content (AvgIpc) is 2.29. The van der Waals surface area contributed by atoms with Crippen LogP contribution in [0.5, 0.6) is 0 Å². The Kier molecular flexibility index (Phi) is 2.08. The van der Waals surface area contributed by atoms with E-state index in [0.717, 1.165) is 30.3 Å². The molecule has 0 radical (unpaired) electrons. The molecule has 2 heterocycles. The van der Waals surface area contributed by atoms with E-state index in [9.17, 15) is 0 Å². The minimum absolute atomic E-state index is 1.04.